The Balaban J connectivity index is 2.34. The third kappa shape index (κ3) is 2.61. The molecule has 0 aliphatic carbocycles. The molecule has 2 rings (SSSR count). The fraction of sp³-hybridized carbons (Fsp3) is 0.143. The van der Waals surface area contributed by atoms with Gasteiger partial charge < -0.3 is 4.74 Å². The normalized spacial score (nSPS) is 9.83. The molecule has 0 amide bonds. The van der Waals surface area contributed by atoms with Gasteiger partial charge in [0.2, 0.25) is 0 Å². The summed E-state index contributed by atoms with van der Waals surface area (Å²) in [6, 6.07) is 11.4. The monoisotopic (exact) mass is 258 g/mol. The average molecular weight is 259 g/mol. The molecule has 0 aliphatic heterocycles. The molecule has 1 aromatic carbocycles. The van der Waals surface area contributed by atoms with Gasteiger partial charge in [-0.25, -0.2) is 4.98 Å². The van der Waals surface area contributed by atoms with Crippen molar-refractivity contribution >= 4 is 11.6 Å². The predicted octanol–water partition coefficient (Wildman–Crippen LogP) is 3.67. The second-order valence-corrected chi connectivity index (χ2v) is 3.99. The first kappa shape index (κ1) is 12.4. The molecule has 2 aromatic rings. The molecule has 0 radical (unpaired) electrons. The molecule has 3 nitrogen and oxygen atoms in total. The Labute approximate surface area is 111 Å². The first-order valence-electron chi connectivity index (χ1n) is 5.53. The Morgan fingerprint density at radius 3 is 2.61 bits per heavy atom. The van der Waals surface area contributed by atoms with E-state index >= 15 is 0 Å². The molecule has 0 N–H and O–H groups in total. The van der Waals surface area contributed by atoms with Gasteiger partial charge in [-0.2, -0.15) is 5.26 Å². The molecular formula is C14H11ClN2O. The van der Waals surface area contributed by atoms with Crippen LogP contribution < -0.4 is 4.74 Å². The van der Waals surface area contributed by atoms with E-state index in [1.807, 2.05) is 37.3 Å². The van der Waals surface area contributed by atoms with Gasteiger partial charge in [0.1, 0.15) is 17.0 Å². The van der Waals surface area contributed by atoms with Crippen LogP contribution in [-0.4, -0.2) is 11.6 Å². The van der Waals surface area contributed by atoms with E-state index in [0.29, 0.717) is 12.2 Å². The second-order valence-electron chi connectivity index (χ2n) is 3.63. The number of halogens is 1. The van der Waals surface area contributed by atoms with E-state index in [1.165, 1.54) is 0 Å². The number of ether oxygens (including phenoxy) is 1. The molecule has 0 atom stereocenters. The molecule has 1 heterocycles. The van der Waals surface area contributed by atoms with Gasteiger partial charge in [0.05, 0.1) is 12.2 Å². The number of hydrogen-bond donors (Lipinski definition) is 0. The Morgan fingerprint density at radius 2 is 2.00 bits per heavy atom. The lowest BCUT2D eigenvalue weighted by Gasteiger charge is -2.05. The Morgan fingerprint density at radius 1 is 1.28 bits per heavy atom. The summed E-state index contributed by atoms with van der Waals surface area (Å²) in [6.07, 6.45) is 1.65. The van der Waals surface area contributed by atoms with E-state index < -0.39 is 0 Å². The topological polar surface area (TPSA) is 45.9 Å². The number of nitrogens with zero attached hydrogens (tertiary/aromatic N) is 2. The Hall–Kier alpha value is -2.05. The molecular weight excluding hydrogens is 248 g/mol. The zero-order valence-corrected chi connectivity index (χ0v) is 10.6. The van der Waals surface area contributed by atoms with Crippen molar-refractivity contribution in [3.05, 3.63) is 47.2 Å². The summed E-state index contributed by atoms with van der Waals surface area (Å²) < 4.78 is 5.37. The largest absolute Gasteiger partial charge is 0.494 e. The van der Waals surface area contributed by atoms with Crippen LogP contribution in [0.4, 0.5) is 0 Å². The molecule has 18 heavy (non-hydrogen) atoms. The number of nitriles is 1. The van der Waals surface area contributed by atoms with Crippen LogP contribution in [0.3, 0.4) is 0 Å². The standard InChI is InChI=1S/C14H11ClN2O/c1-2-18-13-5-3-10(4-6-13)12-7-11(8-16)14(15)17-9-12/h3-7,9H,2H2,1H3. The van der Waals surface area contributed by atoms with Crippen LogP contribution in [0, 0.1) is 11.3 Å². The molecule has 0 spiro atoms. The summed E-state index contributed by atoms with van der Waals surface area (Å²) in [6.45, 7) is 2.58. The summed E-state index contributed by atoms with van der Waals surface area (Å²) in [7, 11) is 0. The van der Waals surface area contributed by atoms with Crippen molar-refractivity contribution in [1.82, 2.24) is 4.98 Å². The first-order chi connectivity index (χ1) is 8.74. The quantitative estimate of drug-likeness (QED) is 0.789. The minimum atomic E-state index is 0.229. The van der Waals surface area contributed by atoms with Crippen LogP contribution in [0.25, 0.3) is 11.1 Å². The third-order valence-electron chi connectivity index (χ3n) is 2.46. The Kier molecular flexibility index (Phi) is 3.81. The SMILES string of the molecule is CCOc1ccc(-c2cnc(Cl)c(C#N)c2)cc1. The highest BCUT2D eigenvalue weighted by Crippen LogP contribution is 2.24. The van der Waals surface area contributed by atoms with Gasteiger partial charge >= 0.3 is 0 Å². The van der Waals surface area contributed by atoms with Crippen LogP contribution in [0.1, 0.15) is 12.5 Å². The smallest absolute Gasteiger partial charge is 0.146 e. The molecule has 0 saturated carbocycles. The summed E-state index contributed by atoms with van der Waals surface area (Å²) in [5, 5.41) is 9.14. The van der Waals surface area contributed by atoms with Crippen LogP contribution in [0.2, 0.25) is 5.15 Å². The average Bonchev–Trinajstić information content (AvgIpc) is 2.41. The van der Waals surface area contributed by atoms with Crippen LogP contribution in [0.15, 0.2) is 36.5 Å². The van der Waals surface area contributed by atoms with Crippen LogP contribution in [0.5, 0.6) is 5.75 Å². The maximum absolute atomic E-state index is 8.91. The molecule has 0 bridgehead atoms. The van der Waals surface area contributed by atoms with Crippen LogP contribution >= 0.6 is 11.6 Å². The fourth-order valence-corrected chi connectivity index (χ4v) is 1.74. The number of hydrogen-bond acceptors (Lipinski definition) is 3. The highest BCUT2D eigenvalue weighted by Gasteiger charge is 2.04. The van der Waals surface area contributed by atoms with Gasteiger partial charge in [-0.3, -0.25) is 0 Å². The van der Waals surface area contributed by atoms with E-state index in [2.05, 4.69) is 4.98 Å². The zero-order chi connectivity index (χ0) is 13.0. The van der Waals surface area contributed by atoms with Gasteiger partial charge in [-0.15, -0.1) is 0 Å². The molecule has 4 heteroatoms. The third-order valence-corrected chi connectivity index (χ3v) is 2.76. The number of benzene rings is 1. The lowest BCUT2D eigenvalue weighted by atomic mass is 10.1. The molecule has 90 valence electrons. The molecule has 0 saturated heterocycles. The summed E-state index contributed by atoms with van der Waals surface area (Å²) in [5.41, 5.74) is 2.21. The van der Waals surface area contributed by atoms with Crippen molar-refractivity contribution in [2.75, 3.05) is 6.61 Å². The van der Waals surface area contributed by atoms with Crippen molar-refractivity contribution in [1.29, 1.82) is 5.26 Å². The van der Waals surface area contributed by atoms with Crippen molar-refractivity contribution in [2.45, 2.75) is 6.92 Å². The highest BCUT2D eigenvalue weighted by atomic mass is 35.5. The van der Waals surface area contributed by atoms with Crippen molar-refractivity contribution in [3.8, 4) is 22.9 Å². The predicted molar refractivity (Wildman–Crippen MR) is 70.6 cm³/mol. The molecule has 0 unspecified atom stereocenters. The lowest BCUT2D eigenvalue weighted by molar-refractivity contribution is 0.340. The van der Waals surface area contributed by atoms with E-state index in [0.717, 1.165) is 16.9 Å². The summed E-state index contributed by atoms with van der Waals surface area (Å²) in [4.78, 5) is 4.00. The van der Waals surface area contributed by atoms with E-state index in [1.54, 1.807) is 12.3 Å². The summed E-state index contributed by atoms with van der Waals surface area (Å²) >= 11 is 5.80. The fourth-order valence-electron chi connectivity index (χ4n) is 1.59. The number of rotatable bonds is 3. The van der Waals surface area contributed by atoms with Crippen molar-refractivity contribution in [3.63, 3.8) is 0 Å². The second kappa shape index (κ2) is 5.52. The Bertz CT molecular complexity index is 588. The van der Waals surface area contributed by atoms with E-state index in [-0.39, 0.29) is 5.15 Å². The molecule has 0 aliphatic rings. The highest BCUT2D eigenvalue weighted by molar-refractivity contribution is 6.30. The zero-order valence-electron chi connectivity index (χ0n) is 9.85. The maximum atomic E-state index is 8.91. The lowest BCUT2D eigenvalue weighted by Crippen LogP contribution is -1.91. The van der Waals surface area contributed by atoms with Crippen molar-refractivity contribution in [2.24, 2.45) is 0 Å². The minimum Gasteiger partial charge on any atom is -0.494 e. The van der Waals surface area contributed by atoms with Gasteiger partial charge in [0.15, 0.2) is 0 Å². The van der Waals surface area contributed by atoms with Gasteiger partial charge in [-0.05, 0) is 30.7 Å². The molecule has 1 aromatic heterocycles. The summed E-state index contributed by atoms with van der Waals surface area (Å²) in [5.74, 6) is 0.823. The minimum absolute atomic E-state index is 0.229. The van der Waals surface area contributed by atoms with Gasteiger partial charge in [0.25, 0.3) is 0 Å². The van der Waals surface area contributed by atoms with Gasteiger partial charge in [-0.1, -0.05) is 23.7 Å². The number of pyridine rings is 1. The van der Waals surface area contributed by atoms with Crippen molar-refractivity contribution < 1.29 is 4.74 Å². The molecule has 0 fully saturated rings. The maximum Gasteiger partial charge on any atom is 0.146 e. The van der Waals surface area contributed by atoms with Gasteiger partial charge in [0, 0.05) is 11.8 Å². The van der Waals surface area contributed by atoms with E-state index in [9.17, 15) is 0 Å². The number of aromatic nitrogens is 1. The first-order valence-corrected chi connectivity index (χ1v) is 5.91. The van der Waals surface area contributed by atoms with Crippen LogP contribution in [-0.2, 0) is 0 Å². The van der Waals surface area contributed by atoms with E-state index in [4.69, 9.17) is 21.6 Å².